The lowest BCUT2D eigenvalue weighted by Crippen LogP contribution is -2.26. The van der Waals surface area contributed by atoms with Gasteiger partial charge in [0.05, 0.1) is 22.8 Å². The van der Waals surface area contributed by atoms with E-state index >= 15 is 0 Å². The van der Waals surface area contributed by atoms with Crippen molar-refractivity contribution in [2.75, 3.05) is 6.61 Å². The van der Waals surface area contributed by atoms with Crippen LogP contribution < -0.4 is 9.47 Å². The van der Waals surface area contributed by atoms with Crippen LogP contribution in [0.25, 0.3) is 0 Å². The van der Waals surface area contributed by atoms with Crippen LogP contribution in [0.3, 0.4) is 0 Å². The van der Waals surface area contributed by atoms with Gasteiger partial charge in [-0.05, 0) is 74.6 Å². The van der Waals surface area contributed by atoms with Gasteiger partial charge in [-0.25, -0.2) is 19.2 Å². The van der Waals surface area contributed by atoms with Crippen molar-refractivity contribution in [2.45, 2.75) is 65.9 Å². The number of hydrogen-bond acceptors (Lipinski definition) is 8. The van der Waals surface area contributed by atoms with E-state index in [4.69, 9.17) is 18.9 Å². The second-order valence-corrected chi connectivity index (χ2v) is 11.8. The molecule has 0 aromatic heterocycles. The molecule has 3 aromatic carbocycles. The minimum atomic E-state index is -0.842. The first-order valence-corrected chi connectivity index (χ1v) is 16.1. The Bertz CT molecular complexity index is 1620. The lowest BCUT2D eigenvalue weighted by molar-refractivity contribution is 0.0279. The van der Waals surface area contributed by atoms with Crippen molar-refractivity contribution in [3.63, 3.8) is 0 Å². The molecule has 0 bridgehead atoms. The Kier molecular flexibility index (Phi) is 12.3. The predicted octanol–water partition coefficient (Wildman–Crippen LogP) is 8.57. The lowest BCUT2D eigenvalue weighted by Gasteiger charge is -2.29. The van der Waals surface area contributed by atoms with Crippen LogP contribution in [0.5, 0.6) is 11.5 Å². The summed E-state index contributed by atoms with van der Waals surface area (Å²) in [6.07, 6.45) is 11.7. The van der Waals surface area contributed by atoms with Gasteiger partial charge >= 0.3 is 23.9 Å². The van der Waals surface area contributed by atoms with Crippen molar-refractivity contribution in [3.8, 4) is 11.5 Å². The number of ether oxygens (including phenoxy) is 4. The number of carbonyl (C=O) groups is 4. The Morgan fingerprint density at radius 1 is 0.745 bits per heavy atom. The predicted molar refractivity (Wildman–Crippen MR) is 179 cm³/mol. The molecule has 0 saturated carbocycles. The maximum atomic E-state index is 13.4. The topological polar surface area (TPSA) is 105 Å². The third-order valence-corrected chi connectivity index (χ3v) is 8.50. The van der Waals surface area contributed by atoms with Gasteiger partial charge in [-0.3, -0.25) is 0 Å². The summed E-state index contributed by atoms with van der Waals surface area (Å²) in [4.78, 5) is 53.2. The fourth-order valence-electron chi connectivity index (χ4n) is 5.40. The molecule has 47 heavy (non-hydrogen) atoms. The minimum Gasteiger partial charge on any atom is -0.461 e. The number of benzene rings is 3. The summed E-state index contributed by atoms with van der Waals surface area (Å²) < 4.78 is 22.6. The normalized spacial score (nSPS) is 15.9. The van der Waals surface area contributed by atoms with E-state index in [1.807, 2.05) is 38.2 Å². The highest BCUT2D eigenvalue weighted by Crippen LogP contribution is 2.33. The van der Waals surface area contributed by atoms with Crippen molar-refractivity contribution < 1.29 is 38.1 Å². The summed E-state index contributed by atoms with van der Waals surface area (Å²) in [5.74, 6) is -2.35. The van der Waals surface area contributed by atoms with Crippen LogP contribution in [0.2, 0.25) is 0 Å². The van der Waals surface area contributed by atoms with Crippen LogP contribution in [0.15, 0.2) is 97.1 Å². The summed E-state index contributed by atoms with van der Waals surface area (Å²) >= 11 is 0. The average molecular weight is 639 g/mol. The van der Waals surface area contributed by atoms with Crippen LogP contribution >= 0.6 is 0 Å². The van der Waals surface area contributed by atoms with Crippen LogP contribution in [0.1, 0.15) is 101 Å². The van der Waals surface area contributed by atoms with E-state index in [1.165, 1.54) is 30.3 Å². The lowest BCUT2D eigenvalue weighted by atomic mass is 9.80. The summed E-state index contributed by atoms with van der Waals surface area (Å²) in [6, 6.07) is 18.6. The van der Waals surface area contributed by atoms with Gasteiger partial charge in [-0.1, -0.05) is 88.2 Å². The highest BCUT2D eigenvalue weighted by atomic mass is 16.6. The SMILES string of the molecule is CCC(CC)C[C@@H](C)OC(=O)c1ccc(C(=O)Oc2ccccc2C(=O)OC[C@@]2(CC)C=CC=CC2)cc1C(=O)Oc1ccccc1. The number of rotatable bonds is 14. The molecule has 0 amide bonds. The molecule has 0 saturated heterocycles. The average Bonchev–Trinajstić information content (AvgIpc) is 3.10. The van der Waals surface area contributed by atoms with E-state index in [0.717, 1.165) is 25.7 Å². The molecule has 0 fully saturated rings. The Labute approximate surface area is 276 Å². The third kappa shape index (κ3) is 9.28. The van der Waals surface area contributed by atoms with Gasteiger partial charge in [0.1, 0.15) is 23.7 Å². The number of allylic oxidation sites excluding steroid dienone is 3. The number of hydrogen-bond donors (Lipinski definition) is 0. The van der Waals surface area contributed by atoms with E-state index in [9.17, 15) is 19.2 Å². The molecule has 1 aliphatic carbocycles. The van der Waals surface area contributed by atoms with E-state index in [0.29, 0.717) is 12.3 Å². The molecule has 0 N–H and O–H groups in total. The number of esters is 4. The van der Waals surface area contributed by atoms with E-state index < -0.39 is 23.9 Å². The van der Waals surface area contributed by atoms with Crippen LogP contribution in [-0.4, -0.2) is 36.6 Å². The Morgan fingerprint density at radius 3 is 2.15 bits per heavy atom. The largest absolute Gasteiger partial charge is 0.461 e. The molecule has 2 atom stereocenters. The zero-order valence-corrected chi connectivity index (χ0v) is 27.4. The maximum Gasteiger partial charge on any atom is 0.344 e. The minimum absolute atomic E-state index is 0.000689. The summed E-state index contributed by atoms with van der Waals surface area (Å²) in [6.45, 7) is 8.21. The zero-order valence-electron chi connectivity index (χ0n) is 27.4. The standard InChI is InChI=1S/C39H42O8/c1-5-28(6-2)24-27(4)45-37(42)31-21-20-29(25-33(31)38(43)46-30-16-10-8-11-17-30)35(40)47-34-19-13-12-18-32(34)36(41)44-26-39(7-3)22-14-9-15-23-39/h8-22,25,27-28H,5-7,23-24,26H2,1-4H3/t27-,39+/m1/s1. The van der Waals surface area contributed by atoms with Gasteiger partial charge in [-0.15, -0.1) is 0 Å². The highest BCUT2D eigenvalue weighted by Gasteiger charge is 2.29. The molecule has 0 spiro atoms. The van der Waals surface area contributed by atoms with Gasteiger partial charge in [-0.2, -0.15) is 0 Å². The summed E-state index contributed by atoms with van der Waals surface area (Å²) in [5, 5.41) is 0. The first-order valence-electron chi connectivity index (χ1n) is 16.1. The van der Waals surface area contributed by atoms with E-state index in [2.05, 4.69) is 13.8 Å². The Morgan fingerprint density at radius 2 is 1.47 bits per heavy atom. The van der Waals surface area contributed by atoms with Crippen molar-refractivity contribution >= 4 is 23.9 Å². The van der Waals surface area contributed by atoms with Crippen LogP contribution in [0.4, 0.5) is 0 Å². The molecule has 0 radical (unpaired) electrons. The third-order valence-electron chi connectivity index (χ3n) is 8.50. The second kappa shape index (κ2) is 16.5. The molecule has 8 nitrogen and oxygen atoms in total. The van der Waals surface area contributed by atoms with Crippen LogP contribution in [-0.2, 0) is 9.47 Å². The van der Waals surface area contributed by atoms with Gasteiger partial charge in [0.25, 0.3) is 0 Å². The first-order chi connectivity index (χ1) is 22.7. The molecule has 246 valence electrons. The van der Waals surface area contributed by atoms with Gasteiger partial charge in [0.15, 0.2) is 0 Å². The molecular weight excluding hydrogens is 596 g/mol. The molecule has 1 aliphatic rings. The Balaban J connectivity index is 1.56. The van der Waals surface area contributed by atoms with Crippen molar-refractivity contribution in [2.24, 2.45) is 11.3 Å². The van der Waals surface area contributed by atoms with Crippen LogP contribution in [0, 0.1) is 11.3 Å². The monoisotopic (exact) mass is 638 g/mol. The fourth-order valence-corrected chi connectivity index (χ4v) is 5.40. The molecular formula is C39H42O8. The molecule has 0 aliphatic heterocycles. The quantitative estimate of drug-likeness (QED) is 0.128. The Hall–Kier alpha value is -4.98. The smallest absolute Gasteiger partial charge is 0.344 e. The first kappa shape index (κ1) is 34.9. The molecule has 4 rings (SSSR count). The molecule has 0 unspecified atom stereocenters. The zero-order chi connectivity index (χ0) is 33.8. The highest BCUT2D eigenvalue weighted by molar-refractivity contribution is 6.06. The molecule has 3 aromatic rings. The van der Waals surface area contributed by atoms with Crippen molar-refractivity contribution in [1.29, 1.82) is 0 Å². The van der Waals surface area contributed by atoms with Crippen molar-refractivity contribution in [1.82, 2.24) is 0 Å². The van der Waals surface area contributed by atoms with Gasteiger partial charge in [0, 0.05) is 5.41 Å². The summed E-state index contributed by atoms with van der Waals surface area (Å²) in [5.41, 5.74) is -0.444. The number of carbonyl (C=O) groups excluding carboxylic acids is 4. The van der Waals surface area contributed by atoms with Gasteiger partial charge in [0.2, 0.25) is 0 Å². The second-order valence-electron chi connectivity index (χ2n) is 11.8. The molecule has 8 heteroatoms. The maximum absolute atomic E-state index is 13.4. The summed E-state index contributed by atoms with van der Waals surface area (Å²) in [7, 11) is 0. The fraction of sp³-hybridized carbons (Fsp3) is 0.333. The van der Waals surface area contributed by atoms with E-state index in [1.54, 1.807) is 42.5 Å². The number of para-hydroxylation sites is 2. The van der Waals surface area contributed by atoms with E-state index in [-0.39, 0.29) is 51.9 Å². The van der Waals surface area contributed by atoms with Gasteiger partial charge < -0.3 is 18.9 Å². The molecule has 0 heterocycles. The van der Waals surface area contributed by atoms with Crippen molar-refractivity contribution in [3.05, 3.63) is 119 Å².